The van der Waals surface area contributed by atoms with Crippen LogP contribution >= 0.6 is 0 Å². The van der Waals surface area contributed by atoms with Gasteiger partial charge >= 0.3 is 6.09 Å². The summed E-state index contributed by atoms with van der Waals surface area (Å²) in [6.07, 6.45) is 15.1. The quantitative estimate of drug-likeness (QED) is 0.0196. The summed E-state index contributed by atoms with van der Waals surface area (Å²) in [5, 5.41) is 10.5. The number of carbonyl (C=O) groups excluding carboxylic acids is 3. The summed E-state index contributed by atoms with van der Waals surface area (Å²) in [5.41, 5.74) is 0. The van der Waals surface area contributed by atoms with Crippen LogP contribution in [0.1, 0.15) is 84.0 Å². The molecule has 0 aliphatic carbocycles. The van der Waals surface area contributed by atoms with E-state index in [1.165, 1.54) is 5.23 Å². The Bertz CT molecular complexity index is 735. The maximum absolute atomic E-state index is 11.7. The Hall–Kier alpha value is -2.51. The van der Waals surface area contributed by atoms with Gasteiger partial charge in [-0.2, -0.15) is 4.99 Å². The predicted molar refractivity (Wildman–Crippen MR) is 157 cm³/mol. The molecule has 0 bridgehead atoms. The van der Waals surface area contributed by atoms with Gasteiger partial charge in [-0.3, -0.25) is 20.3 Å². The van der Waals surface area contributed by atoms with E-state index in [0.717, 1.165) is 83.6 Å². The molecule has 0 saturated carbocycles. The summed E-state index contributed by atoms with van der Waals surface area (Å²) in [6, 6.07) is 0. The monoisotopic (exact) mass is 600 g/mol. The van der Waals surface area contributed by atoms with Crippen LogP contribution in [0.4, 0.5) is 4.79 Å². The first-order chi connectivity index (χ1) is 20.7. The number of ether oxygens (including phenoxy) is 1. The van der Waals surface area contributed by atoms with Crippen LogP contribution in [0.2, 0.25) is 0 Å². The lowest BCUT2D eigenvalue weighted by Gasteiger charge is -2.22. The van der Waals surface area contributed by atoms with Gasteiger partial charge < -0.3 is 10.1 Å². The smallest absolute Gasteiger partial charge is 0.407 e. The highest BCUT2D eigenvalue weighted by Crippen LogP contribution is 2.06. The third-order valence-electron chi connectivity index (χ3n) is 5.77. The van der Waals surface area contributed by atoms with Crippen LogP contribution in [0.25, 0.3) is 0 Å². The van der Waals surface area contributed by atoms with E-state index in [0.29, 0.717) is 26.4 Å². The molecule has 0 rings (SSSR count). The van der Waals surface area contributed by atoms with E-state index < -0.39 is 6.09 Å². The molecule has 1 atom stereocenters. The van der Waals surface area contributed by atoms with Crippen LogP contribution in [0, 0.1) is 0 Å². The third kappa shape index (κ3) is 29.0. The van der Waals surface area contributed by atoms with E-state index in [4.69, 9.17) is 24.2 Å². The van der Waals surface area contributed by atoms with Gasteiger partial charge in [0, 0.05) is 6.54 Å². The average Bonchev–Trinajstić information content (AvgIpc) is 2.99. The molecular weight excluding hydrogens is 548 g/mol. The number of aliphatic imine (C=N–C) groups is 2. The molecule has 0 aromatic carbocycles. The van der Waals surface area contributed by atoms with Crippen LogP contribution in [-0.2, 0) is 33.8 Å². The average molecular weight is 601 g/mol. The number of alkyl carbamates (subject to hydrolysis) is 1. The molecule has 42 heavy (non-hydrogen) atoms. The summed E-state index contributed by atoms with van der Waals surface area (Å²) in [4.78, 5) is 61.0. The van der Waals surface area contributed by atoms with E-state index in [-0.39, 0.29) is 32.7 Å². The fraction of sp³-hybridized carbons (Fsp3) is 0.821. The SMILES string of the molecule is C=CCOOCCOC(=O)NCCCCCCN(OCNCCCCCCN=C=O)OCNC(CCCCC)N=C=O. The summed E-state index contributed by atoms with van der Waals surface area (Å²) >= 11 is 0. The number of carbonyl (C=O) groups is 1. The van der Waals surface area contributed by atoms with Gasteiger partial charge in [-0.05, 0) is 45.1 Å². The molecule has 3 N–H and O–H groups in total. The van der Waals surface area contributed by atoms with Crippen molar-refractivity contribution in [3.05, 3.63) is 12.7 Å². The van der Waals surface area contributed by atoms with E-state index in [2.05, 4.69) is 39.4 Å². The van der Waals surface area contributed by atoms with Gasteiger partial charge in [-0.25, -0.2) is 29.2 Å². The zero-order valence-corrected chi connectivity index (χ0v) is 25.3. The van der Waals surface area contributed by atoms with Crippen molar-refractivity contribution in [2.24, 2.45) is 9.98 Å². The number of hydrogen-bond acceptors (Lipinski definition) is 13. The second-order valence-corrected chi connectivity index (χ2v) is 9.30. The molecule has 0 saturated heterocycles. The molecule has 0 radical (unpaired) electrons. The Labute approximate surface area is 250 Å². The van der Waals surface area contributed by atoms with E-state index in [9.17, 15) is 14.4 Å². The van der Waals surface area contributed by atoms with Gasteiger partial charge in [0.25, 0.3) is 0 Å². The summed E-state index contributed by atoms with van der Waals surface area (Å²) < 4.78 is 4.99. The van der Waals surface area contributed by atoms with Gasteiger partial charge in [0.15, 0.2) is 0 Å². The highest BCUT2D eigenvalue weighted by atomic mass is 17.2. The molecule has 14 heteroatoms. The molecule has 0 spiro atoms. The van der Waals surface area contributed by atoms with Gasteiger partial charge in [0.05, 0.1) is 13.1 Å². The second-order valence-electron chi connectivity index (χ2n) is 9.30. The van der Waals surface area contributed by atoms with E-state index >= 15 is 0 Å². The Morgan fingerprint density at radius 2 is 1.67 bits per heavy atom. The topological polar surface area (TPSA) is 161 Å². The number of nitrogens with zero attached hydrogens (tertiary/aromatic N) is 3. The van der Waals surface area contributed by atoms with Crippen LogP contribution in [-0.4, -0.2) is 89.1 Å². The molecule has 1 unspecified atom stereocenters. The molecule has 14 nitrogen and oxygen atoms in total. The summed E-state index contributed by atoms with van der Waals surface area (Å²) in [6.45, 7) is 8.95. The van der Waals surface area contributed by atoms with Crippen LogP contribution in [0.5, 0.6) is 0 Å². The molecular formula is C28H52N6O8. The standard InChI is InChI=1S/C28H52N6O8/c1-3-5-10-15-27(32-24-36)33-26-40-34(39-25-30-17-12-7-6-11-16-29-23-35)19-14-9-8-13-18-31-28(37)38-21-22-42-41-20-4-2/h4,27,30,33H,2-3,5-22,25-26H2,1H3,(H,31,37). The van der Waals surface area contributed by atoms with Gasteiger partial charge in [-0.15, -0.1) is 6.58 Å². The number of amides is 1. The van der Waals surface area contributed by atoms with Crippen molar-refractivity contribution in [1.29, 1.82) is 0 Å². The first kappa shape index (κ1) is 39.5. The van der Waals surface area contributed by atoms with Crippen molar-refractivity contribution < 1.29 is 38.6 Å². The maximum atomic E-state index is 11.7. The predicted octanol–water partition coefficient (Wildman–Crippen LogP) is 3.81. The Morgan fingerprint density at radius 3 is 2.43 bits per heavy atom. The minimum atomic E-state index is -0.491. The minimum Gasteiger partial charge on any atom is -0.447 e. The molecule has 0 aliphatic rings. The number of nitrogens with one attached hydrogen (secondary N) is 3. The highest BCUT2D eigenvalue weighted by Gasteiger charge is 2.10. The van der Waals surface area contributed by atoms with Crippen LogP contribution < -0.4 is 16.0 Å². The molecule has 0 fully saturated rings. The Balaban J connectivity index is 4.22. The van der Waals surface area contributed by atoms with Crippen molar-refractivity contribution >= 4 is 18.3 Å². The number of rotatable bonds is 32. The first-order valence-electron chi connectivity index (χ1n) is 15.0. The van der Waals surface area contributed by atoms with E-state index in [1.54, 1.807) is 18.2 Å². The number of unbranched alkanes of at least 4 members (excludes halogenated alkanes) is 8. The lowest BCUT2D eigenvalue weighted by molar-refractivity contribution is -0.373. The zero-order valence-electron chi connectivity index (χ0n) is 25.3. The Morgan fingerprint density at radius 1 is 0.905 bits per heavy atom. The number of hydrogen-bond donors (Lipinski definition) is 3. The summed E-state index contributed by atoms with van der Waals surface area (Å²) in [7, 11) is 0. The molecule has 0 aromatic heterocycles. The number of isocyanates is 2. The first-order valence-corrected chi connectivity index (χ1v) is 15.0. The highest BCUT2D eigenvalue weighted by molar-refractivity contribution is 5.66. The van der Waals surface area contributed by atoms with Gasteiger partial charge in [0.2, 0.25) is 12.2 Å². The van der Waals surface area contributed by atoms with E-state index in [1.807, 2.05) is 0 Å². The zero-order chi connectivity index (χ0) is 30.8. The fourth-order valence-electron chi connectivity index (χ4n) is 3.55. The van der Waals surface area contributed by atoms with Crippen molar-refractivity contribution in [2.45, 2.75) is 90.1 Å². The van der Waals surface area contributed by atoms with Crippen molar-refractivity contribution in [1.82, 2.24) is 21.2 Å². The largest absolute Gasteiger partial charge is 0.447 e. The van der Waals surface area contributed by atoms with Crippen LogP contribution in [0.15, 0.2) is 22.6 Å². The van der Waals surface area contributed by atoms with Gasteiger partial charge in [-0.1, -0.05) is 56.8 Å². The molecule has 0 aromatic rings. The molecule has 0 heterocycles. The summed E-state index contributed by atoms with van der Waals surface area (Å²) in [5.74, 6) is 0. The van der Waals surface area contributed by atoms with Gasteiger partial charge in [0.1, 0.15) is 39.4 Å². The fourth-order valence-corrected chi connectivity index (χ4v) is 3.55. The Kier molecular flexibility index (Phi) is 31.0. The van der Waals surface area contributed by atoms with Crippen molar-refractivity contribution in [3.63, 3.8) is 0 Å². The second kappa shape index (κ2) is 33.0. The minimum absolute atomic E-state index is 0.0987. The maximum Gasteiger partial charge on any atom is 0.407 e. The molecule has 0 aliphatic heterocycles. The molecule has 242 valence electrons. The van der Waals surface area contributed by atoms with Crippen LogP contribution in [0.3, 0.4) is 0 Å². The lowest BCUT2D eigenvalue weighted by Crippen LogP contribution is -2.37. The van der Waals surface area contributed by atoms with Crippen molar-refractivity contribution in [3.8, 4) is 0 Å². The lowest BCUT2D eigenvalue weighted by atomic mass is 10.2. The number of hydroxylamine groups is 2. The van der Waals surface area contributed by atoms with Crippen molar-refractivity contribution in [2.75, 3.05) is 59.5 Å². The molecule has 1 amide bonds. The normalized spacial score (nSPS) is 11.5. The third-order valence-corrected chi connectivity index (χ3v) is 5.77.